The van der Waals surface area contributed by atoms with Gasteiger partial charge in [-0.05, 0) is 200 Å². The normalized spacial score (nSPS) is 15.0. The van der Waals surface area contributed by atoms with Crippen LogP contribution in [-0.4, -0.2) is 275 Å². The minimum absolute atomic E-state index is 0.0431. The molecule has 0 spiro atoms. The molecule has 0 unspecified atom stereocenters. The molecule has 45 nitrogen and oxygen atoms in total. The lowest BCUT2D eigenvalue weighted by atomic mass is 9.95. The number of aromatic nitrogens is 1. The highest BCUT2D eigenvalue weighted by atomic mass is 16.3. The molecule has 0 bridgehead atoms. The number of nitrogens with one attached hydrogen (secondary N) is 19. The summed E-state index contributed by atoms with van der Waals surface area (Å²) in [6.07, 6.45) is 0.955. The molecule has 1 aromatic heterocycles. The van der Waals surface area contributed by atoms with E-state index in [1.54, 1.807) is 50.4 Å². The van der Waals surface area contributed by atoms with Crippen LogP contribution in [0.3, 0.4) is 0 Å². The number of H-pyrrole nitrogens is 1. The minimum atomic E-state index is -1.88. The predicted octanol–water partition coefficient (Wildman–Crippen LogP) is -4.39. The second kappa shape index (κ2) is 47.6. The fourth-order valence-corrected chi connectivity index (χ4v) is 13.7. The molecule has 0 aliphatic carbocycles. The van der Waals surface area contributed by atoms with Crippen molar-refractivity contribution in [3.8, 4) is 0 Å². The van der Waals surface area contributed by atoms with Gasteiger partial charge in [0.05, 0.1) is 25.8 Å². The monoisotopic (exact) mass is 1900 g/mol. The maximum atomic E-state index is 14.3. The van der Waals surface area contributed by atoms with Crippen LogP contribution in [0, 0.1) is 5.92 Å². The number of nitrogens with two attached hydrogens (primary N) is 2. The Labute approximate surface area is 784 Å². The Bertz CT molecular complexity index is 4900. The SMILES string of the molecule is CC(=O)N[C@@H](Cc1ccccc1)C(=O)NC(C)(C)C(=O)N[C@@H](CO)C(=O)NC(C)(C)C(=O)NC(C)(C)C(=O)N[C@@H](CC(C)C)C(=O)N[C@@H](CCC(N)=O)C(=O)NCC(=O)NC(C)(C)C(=O)NC(C)(C)C(=O)N[C@@H](C)C(=O)N[C@@H](C)C(=O)NC(C)(C)C(=O)N1CCC[C@H]1C(=O)NC(C)(C)C(=O)NC(C)(C)C(=O)NC(C)(C)C(=O)N[C@@H](CCC(N)=O)C(=O)N[C@H](CO)Cc1c[nH]c2ccccc12. The summed E-state index contributed by atoms with van der Waals surface area (Å²) in [6.45, 7) is 28.4. The van der Waals surface area contributed by atoms with Crippen molar-refractivity contribution in [2.24, 2.45) is 17.4 Å². The topological polar surface area (TPSA) is 687 Å². The average molecular weight is 1900 g/mol. The number of para-hydroxylation sites is 1. The zero-order chi connectivity index (χ0) is 103. The summed E-state index contributed by atoms with van der Waals surface area (Å²) in [6, 6.07) is 4.24. The largest absolute Gasteiger partial charge is 0.394 e. The quantitative estimate of drug-likeness (QED) is 0.0254. The van der Waals surface area contributed by atoms with Crippen LogP contribution >= 0.6 is 0 Å². The molecule has 1 fully saturated rings. The first-order valence-corrected chi connectivity index (χ1v) is 44.3. The number of hydrogen-bond acceptors (Lipinski definition) is 23. The molecule has 0 radical (unpaired) electrons. The van der Waals surface area contributed by atoms with Gasteiger partial charge >= 0.3 is 0 Å². The maximum Gasteiger partial charge on any atom is 0.248 e. The number of amides is 21. The van der Waals surface area contributed by atoms with Crippen molar-refractivity contribution in [2.45, 2.75) is 321 Å². The van der Waals surface area contributed by atoms with Crippen molar-refractivity contribution in [3.63, 3.8) is 0 Å². The van der Waals surface area contributed by atoms with E-state index in [9.17, 15) is 111 Å². The van der Waals surface area contributed by atoms with E-state index < -0.39 is 261 Å². The van der Waals surface area contributed by atoms with Gasteiger partial charge in [0.25, 0.3) is 0 Å². The lowest BCUT2D eigenvalue weighted by Crippen LogP contribution is -2.67. The van der Waals surface area contributed by atoms with Crippen LogP contribution in [-0.2, 0) is 114 Å². The molecule has 9 atom stereocenters. The Morgan fingerprint density at radius 2 is 0.822 bits per heavy atom. The maximum absolute atomic E-state index is 14.3. The zero-order valence-corrected chi connectivity index (χ0v) is 81.3. The number of fused-ring (bicyclic) bond motifs is 1. The van der Waals surface area contributed by atoms with Crippen LogP contribution in [0.4, 0.5) is 0 Å². The van der Waals surface area contributed by atoms with Gasteiger partial charge in [-0.3, -0.25) is 101 Å². The fourth-order valence-electron chi connectivity index (χ4n) is 13.7. The van der Waals surface area contributed by atoms with Crippen molar-refractivity contribution in [2.75, 3.05) is 26.3 Å². The number of nitrogens with zero attached hydrogens (tertiary/aromatic N) is 1. The predicted molar refractivity (Wildman–Crippen MR) is 493 cm³/mol. The summed E-state index contributed by atoms with van der Waals surface area (Å²) >= 11 is 0. The Balaban J connectivity index is 1.29. The van der Waals surface area contributed by atoms with Crippen molar-refractivity contribution in [1.82, 2.24) is 106 Å². The Morgan fingerprint density at radius 1 is 0.407 bits per heavy atom. The Hall–Kier alpha value is -13.2. The van der Waals surface area contributed by atoms with Crippen LogP contribution in [0.2, 0.25) is 0 Å². The number of rotatable bonds is 50. The van der Waals surface area contributed by atoms with Crippen molar-refractivity contribution in [3.05, 3.63) is 71.9 Å². The summed E-state index contributed by atoms with van der Waals surface area (Å²) in [5.74, 6) is -18.6. The van der Waals surface area contributed by atoms with E-state index in [1.165, 1.54) is 150 Å². The summed E-state index contributed by atoms with van der Waals surface area (Å²) in [5.41, 5.74) is -3.06. The van der Waals surface area contributed by atoms with Crippen LogP contribution in [0.1, 0.15) is 215 Å². The van der Waals surface area contributed by atoms with Gasteiger partial charge in [0, 0.05) is 49.8 Å². The van der Waals surface area contributed by atoms with E-state index >= 15 is 0 Å². The molecule has 4 rings (SSSR count). The van der Waals surface area contributed by atoms with E-state index in [1.807, 2.05) is 24.3 Å². The molecule has 25 N–H and O–H groups in total. The minimum Gasteiger partial charge on any atom is -0.394 e. The number of aliphatic hydroxyl groups is 2. The summed E-state index contributed by atoms with van der Waals surface area (Å²) < 4.78 is 0. The van der Waals surface area contributed by atoms with E-state index in [2.05, 4.69) is 101 Å². The number of hydrogen-bond donors (Lipinski definition) is 23. The average Bonchev–Trinajstić information content (AvgIpc) is 1.51. The molecule has 45 heteroatoms. The second-order valence-corrected chi connectivity index (χ2v) is 39.1. The lowest BCUT2D eigenvalue weighted by Gasteiger charge is -2.36. The highest BCUT2D eigenvalue weighted by Crippen LogP contribution is 2.26. The second-order valence-electron chi connectivity index (χ2n) is 39.1. The number of aliphatic hydroxyl groups excluding tert-OH is 2. The molecule has 3 aromatic rings. The first-order chi connectivity index (χ1) is 62.0. The fraction of sp³-hybridized carbons (Fsp3) is 0.611. The van der Waals surface area contributed by atoms with E-state index in [0.29, 0.717) is 12.0 Å². The van der Waals surface area contributed by atoms with Gasteiger partial charge in [-0.1, -0.05) is 62.4 Å². The van der Waals surface area contributed by atoms with Crippen LogP contribution in [0.25, 0.3) is 10.9 Å². The van der Waals surface area contributed by atoms with Crippen molar-refractivity contribution < 1.29 is 111 Å². The zero-order valence-electron chi connectivity index (χ0n) is 81.3. The van der Waals surface area contributed by atoms with Gasteiger partial charge in [-0.2, -0.15) is 0 Å². The van der Waals surface area contributed by atoms with Crippen molar-refractivity contribution >= 4 is 135 Å². The standard InChI is InChI=1S/C90H140N22O23/c1-47(2)40-58(101-76(130)85(12,13)109-78(132)87(16,17)106-71(125)60(46-114)102-74(128)82(6,7)105-70(124)59(97-50(5)115)41-51-30-25-24-26-31-51)69(123)99-56(35-37-62(91)116)67(121)94-44-64(118)103-86(14,15)77(131)108-83(8,9)73(127)96-48(3)65(119)95-49(4)66(120)104-90(22,23)81(135)112-39-29-34-61(112)72(126)107-88(18,19)79(133)111-89(20,21)80(134)110-84(10,11)75(129)100-57(36-38-63(92)117)68(122)98-53(45-113)42-52-43-93-55-33-28-27-32-54(52)55/h24-28,30-33,43,47-49,53,56-61,93,113-114H,29,34-42,44-46H2,1-23H3,(H2,91,116)(H2,92,117)(H,94,121)(H,95,119)(H,96,127)(H,97,115)(H,98,122)(H,99,123)(H,100,129)(H,101,130)(H,102,128)(H,103,118)(H,104,120)(H,105,124)(H,106,125)(H,107,126)(H,108,131)(H,109,132)(H,110,134)(H,111,133)/t48-,49-,53-,56-,57-,58-,59-,60-,61-/m0/s1. The lowest BCUT2D eigenvalue weighted by molar-refractivity contribution is -0.146. The number of carbonyl (C=O) groups is 21. The molecule has 2 aromatic carbocycles. The van der Waals surface area contributed by atoms with Gasteiger partial charge in [-0.15, -0.1) is 0 Å². The van der Waals surface area contributed by atoms with Gasteiger partial charge in [0.1, 0.15) is 98.2 Å². The number of aromatic amines is 1. The van der Waals surface area contributed by atoms with Gasteiger partial charge in [0.15, 0.2) is 0 Å². The summed E-state index contributed by atoms with van der Waals surface area (Å²) in [7, 11) is 0. The molecule has 748 valence electrons. The molecule has 1 saturated heterocycles. The number of primary amides is 2. The first-order valence-electron chi connectivity index (χ1n) is 44.3. The Kier molecular flexibility index (Phi) is 40.2. The third kappa shape index (κ3) is 34.3. The molecular formula is C90H140N22O23. The van der Waals surface area contributed by atoms with E-state index in [0.717, 1.165) is 16.5 Å². The highest BCUT2D eigenvalue weighted by molar-refractivity contribution is 6.05. The molecule has 1 aliphatic heterocycles. The van der Waals surface area contributed by atoms with Crippen LogP contribution in [0.5, 0.6) is 0 Å². The molecule has 21 amide bonds. The Morgan fingerprint density at radius 3 is 1.31 bits per heavy atom. The number of carbonyl (C=O) groups excluding carboxylic acids is 21. The highest BCUT2D eigenvalue weighted by Gasteiger charge is 2.48. The van der Waals surface area contributed by atoms with Crippen molar-refractivity contribution in [1.29, 1.82) is 0 Å². The smallest absolute Gasteiger partial charge is 0.248 e. The van der Waals surface area contributed by atoms with Gasteiger partial charge in [0.2, 0.25) is 124 Å². The molecule has 0 saturated carbocycles. The van der Waals surface area contributed by atoms with E-state index in [-0.39, 0.29) is 51.0 Å². The number of likely N-dealkylation sites (tertiary alicyclic amines) is 1. The summed E-state index contributed by atoms with van der Waals surface area (Å²) in [4.78, 5) is 290. The van der Waals surface area contributed by atoms with Crippen LogP contribution < -0.4 is 107 Å². The van der Waals surface area contributed by atoms with Gasteiger partial charge < -0.3 is 127 Å². The third-order valence-electron chi connectivity index (χ3n) is 22.1. The third-order valence-corrected chi connectivity index (χ3v) is 22.1. The van der Waals surface area contributed by atoms with E-state index in [4.69, 9.17) is 11.5 Å². The molecule has 1 aliphatic rings. The first kappa shape index (κ1) is 114. The van der Waals surface area contributed by atoms with Gasteiger partial charge in [-0.25, -0.2) is 0 Å². The molecular weight excluding hydrogens is 1760 g/mol. The summed E-state index contributed by atoms with van der Waals surface area (Å²) in [5, 5.41) is 66.7. The molecule has 2 heterocycles. The van der Waals surface area contributed by atoms with Crippen LogP contribution in [0.15, 0.2) is 60.8 Å². The number of benzene rings is 2. The molecule has 135 heavy (non-hydrogen) atoms.